The van der Waals surface area contributed by atoms with E-state index in [2.05, 4.69) is 139 Å². The minimum absolute atomic E-state index is 0.210. The molecular weight excluding hydrogens is 760 g/mol. The first-order valence-electron chi connectivity index (χ1n) is 13.4. The number of hydrogen-bond acceptors (Lipinski definition) is 6. The molecule has 2 N–H and O–H groups in total. The number of ether oxygens (including phenoxy) is 2. The van der Waals surface area contributed by atoms with Gasteiger partial charge >= 0.3 is 0 Å². The third-order valence-corrected chi connectivity index (χ3v) is 9.36. The second kappa shape index (κ2) is 16.4. The average molecular weight is 802 g/mol. The van der Waals surface area contributed by atoms with E-state index in [9.17, 15) is 10.2 Å². The van der Waals surface area contributed by atoms with Gasteiger partial charge in [-0.15, -0.1) is 0 Å². The van der Waals surface area contributed by atoms with Crippen molar-refractivity contribution in [2.24, 2.45) is 0 Å². The van der Waals surface area contributed by atoms with Gasteiger partial charge in [-0.1, -0.05) is 41.5 Å². The fraction of sp³-hybridized carbons (Fsp3) is 0.586. The Morgan fingerprint density at radius 2 is 0.923 bits per heavy atom. The van der Waals surface area contributed by atoms with Crippen LogP contribution in [0.25, 0.3) is 0 Å². The fourth-order valence-corrected chi connectivity index (χ4v) is 7.14. The maximum atomic E-state index is 10.4. The maximum Gasteiger partial charge on any atom is 0.147 e. The number of likely N-dealkylation sites (N-methyl/N-ethyl adjacent to an activating group) is 2. The van der Waals surface area contributed by atoms with Crippen LogP contribution < -0.4 is 9.47 Å². The normalized spacial score (nSPS) is 13.7. The van der Waals surface area contributed by atoms with Gasteiger partial charge in [-0.05, 0) is 125 Å². The summed E-state index contributed by atoms with van der Waals surface area (Å²) in [4.78, 5) is 4.34. The highest BCUT2D eigenvalue weighted by atomic mass is 79.9. The van der Waals surface area contributed by atoms with Gasteiger partial charge in [0.05, 0.1) is 17.9 Å². The van der Waals surface area contributed by atoms with Crippen LogP contribution in [0, 0.1) is 0 Å². The molecule has 0 aliphatic heterocycles. The Labute approximate surface area is 267 Å². The molecule has 2 atom stereocenters. The highest BCUT2D eigenvalue weighted by Gasteiger charge is 2.28. The predicted octanol–water partition coefficient (Wildman–Crippen LogP) is 7.23. The maximum absolute atomic E-state index is 10.4. The summed E-state index contributed by atoms with van der Waals surface area (Å²) in [6.45, 7) is 17.8. The fourth-order valence-electron chi connectivity index (χ4n) is 4.31. The molecular formula is C29H42Br4N2O4. The Bertz CT molecular complexity index is 934. The van der Waals surface area contributed by atoms with Gasteiger partial charge in [0.2, 0.25) is 0 Å². The SMILES string of the molecule is CCN(CC)C[C@H](O)COc1c(Br)cc(C(C)(C)c2cc(Br)c(OC[C@@H](O)CN(CC)CC)c(Br)c2)cc1Br. The van der Waals surface area contributed by atoms with Gasteiger partial charge in [-0.25, -0.2) is 0 Å². The number of rotatable bonds is 16. The Balaban J connectivity index is 2.19. The summed E-state index contributed by atoms with van der Waals surface area (Å²) in [5.41, 5.74) is 1.82. The number of nitrogens with zero attached hydrogens (tertiary/aromatic N) is 2. The number of hydrogen-bond donors (Lipinski definition) is 2. The first kappa shape index (κ1) is 35.0. The summed E-state index contributed by atoms with van der Waals surface area (Å²) in [7, 11) is 0. The van der Waals surface area contributed by atoms with E-state index in [1.807, 2.05) is 0 Å². The molecule has 220 valence electrons. The number of benzene rings is 2. The van der Waals surface area contributed by atoms with Crippen molar-refractivity contribution in [3.8, 4) is 11.5 Å². The molecule has 2 rings (SSSR count). The second-order valence-electron chi connectivity index (χ2n) is 10.1. The molecule has 0 saturated carbocycles. The van der Waals surface area contributed by atoms with E-state index >= 15 is 0 Å². The molecule has 0 amide bonds. The molecule has 0 aromatic heterocycles. The van der Waals surface area contributed by atoms with Crippen LogP contribution in [-0.2, 0) is 5.41 Å². The van der Waals surface area contributed by atoms with Crippen LogP contribution in [0.5, 0.6) is 11.5 Å². The second-order valence-corrected chi connectivity index (χ2v) is 13.5. The predicted molar refractivity (Wildman–Crippen MR) is 174 cm³/mol. The molecule has 6 nitrogen and oxygen atoms in total. The van der Waals surface area contributed by atoms with Crippen molar-refractivity contribution in [1.82, 2.24) is 9.80 Å². The third-order valence-electron chi connectivity index (χ3n) is 7.01. The zero-order chi connectivity index (χ0) is 29.3. The lowest BCUT2D eigenvalue weighted by Crippen LogP contribution is -2.35. The van der Waals surface area contributed by atoms with E-state index in [4.69, 9.17) is 9.47 Å². The lowest BCUT2D eigenvalue weighted by atomic mass is 9.78. The van der Waals surface area contributed by atoms with E-state index in [1.54, 1.807) is 0 Å². The van der Waals surface area contributed by atoms with Gasteiger partial charge in [0.1, 0.15) is 36.9 Å². The van der Waals surface area contributed by atoms with E-state index in [-0.39, 0.29) is 18.6 Å². The molecule has 0 bridgehead atoms. The monoisotopic (exact) mass is 798 g/mol. The molecule has 0 aliphatic rings. The van der Waals surface area contributed by atoms with Gasteiger partial charge in [0.15, 0.2) is 0 Å². The van der Waals surface area contributed by atoms with Gasteiger partial charge < -0.3 is 29.5 Å². The summed E-state index contributed by atoms with van der Waals surface area (Å²) in [5.74, 6) is 1.34. The molecule has 39 heavy (non-hydrogen) atoms. The van der Waals surface area contributed by atoms with Crippen LogP contribution >= 0.6 is 63.7 Å². The van der Waals surface area contributed by atoms with Crippen molar-refractivity contribution in [2.45, 2.75) is 59.2 Å². The first-order chi connectivity index (χ1) is 18.4. The van der Waals surface area contributed by atoms with Crippen molar-refractivity contribution < 1.29 is 19.7 Å². The number of aliphatic hydroxyl groups is 2. The quantitative estimate of drug-likeness (QED) is 0.187. The summed E-state index contributed by atoms with van der Waals surface area (Å²) in [5, 5.41) is 20.9. The van der Waals surface area contributed by atoms with E-state index < -0.39 is 12.2 Å². The highest BCUT2D eigenvalue weighted by Crippen LogP contribution is 2.44. The van der Waals surface area contributed by atoms with Crippen LogP contribution in [0.3, 0.4) is 0 Å². The largest absolute Gasteiger partial charge is 0.488 e. The minimum atomic E-state index is -0.575. The Hall–Kier alpha value is -0.200. The molecule has 10 heteroatoms. The Kier molecular flexibility index (Phi) is 14.8. The zero-order valence-electron chi connectivity index (χ0n) is 23.7. The molecule has 2 aromatic rings. The lowest BCUT2D eigenvalue weighted by Gasteiger charge is -2.29. The van der Waals surface area contributed by atoms with Crippen molar-refractivity contribution in [3.63, 3.8) is 0 Å². The molecule has 2 aromatic carbocycles. The van der Waals surface area contributed by atoms with Gasteiger partial charge in [0.25, 0.3) is 0 Å². The zero-order valence-corrected chi connectivity index (χ0v) is 30.1. The van der Waals surface area contributed by atoms with Crippen molar-refractivity contribution in [2.75, 3.05) is 52.5 Å². The molecule has 0 spiro atoms. The lowest BCUT2D eigenvalue weighted by molar-refractivity contribution is 0.0710. The van der Waals surface area contributed by atoms with Crippen molar-refractivity contribution >= 4 is 63.7 Å². The molecule has 0 unspecified atom stereocenters. The minimum Gasteiger partial charge on any atom is -0.488 e. The molecule has 0 radical (unpaired) electrons. The van der Waals surface area contributed by atoms with Crippen molar-refractivity contribution in [3.05, 3.63) is 53.3 Å². The number of aliphatic hydroxyl groups excluding tert-OH is 2. The Morgan fingerprint density at radius 1 is 0.641 bits per heavy atom. The molecule has 0 aliphatic carbocycles. The number of halogens is 4. The topological polar surface area (TPSA) is 65.4 Å². The van der Waals surface area contributed by atoms with E-state index in [1.165, 1.54) is 0 Å². The standard InChI is InChI=1S/C29H42Br4N2O4/c1-7-34(8-2)15-21(36)17-38-27-23(30)11-19(12-24(27)31)29(5,6)20-13-25(32)28(26(33)14-20)39-18-22(37)16-35(9-3)10-4/h11-14,21-22,36-37H,7-10,15-18H2,1-6H3/t21-,22-/m0/s1. The van der Waals surface area contributed by atoms with Gasteiger partial charge in [-0.3, -0.25) is 0 Å². The Morgan fingerprint density at radius 3 is 1.18 bits per heavy atom. The summed E-state index contributed by atoms with van der Waals surface area (Å²) in [6, 6.07) is 8.25. The van der Waals surface area contributed by atoms with Crippen LogP contribution in [-0.4, -0.2) is 84.7 Å². The molecule has 0 fully saturated rings. The van der Waals surface area contributed by atoms with Crippen LogP contribution in [0.2, 0.25) is 0 Å². The van der Waals surface area contributed by atoms with Gasteiger partial charge in [-0.2, -0.15) is 0 Å². The van der Waals surface area contributed by atoms with Crippen LogP contribution in [0.1, 0.15) is 52.7 Å². The van der Waals surface area contributed by atoms with E-state index in [0.29, 0.717) is 24.6 Å². The van der Waals surface area contributed by atoms with Crippen LogP contribution in [0.15, 0.2) is 42.2 Å². The average Bonchev–Trinajstić information content (AvgIpc) is 2.89. The molecule has 0 heterocycles. The summed E-state index contributed by atoms with van der Waals surface area (Å²) < 4.78 is 15.3. The summed E-state index contributed by atoms with van der Waals surface area (Å²) in [6.07, 6.45) is -1.15. The smallest absolute Gasteiger partial charge is 0.147 e. The van der Waals surface area contributed by atoms with Crippen LogP contribution in [0.4, 0.5) is 0 Å². The summed E-state index contributed by atoms with van der Waals surface area (Å²) >= 11 is 14.7. The first-order valence-corrected chi connectivity index (χ1v) is 16.6. The highest BCUT2D eigenvalue weighted by molar-refractivity contribution is 9.11. The molecule has 0 saturated heterocycles. The van der Waals surface area contributed by atoms with E-state index in [0.717, 1.165) is 55.2 Å². The van der Waals surface area contributed by atoms with Crippen molar-refractivity contribution in [1.29, 1.82) is 0 Å². The third kappa shape index (κ3) is 9.94. The van der Waals surface area contributed by atoms with Gasteiger partial charge in [0, 0.05) is 18.5 Å².